The largest absolute Gasteiger partial charge is 0.367 e. The van der Waals surface area contributed by atoms with E-state index in [0.717, 1.165) is 66.6 Å². The predicted octanol–water partition coefficient (Wildman–Crippen LogP) is 3.58. The van der Waals surface area contributed by atoms with Crippen molar-refractivity contribution in [1.29, 1.82) is 0 Å². The summed E-state index contributed by atoms with van der Waals surface area (Å²) in [6.07, 6.45) is 2.58. The summed E-state index contributed by atoms with van der Waals surface area (Å²) in [6.45, 7) is 4.12. The number of sulfonamides is 1. The second-order valence-electron chi connectivity index (χ2n) is 11.4. The first kappa shape index (κ1) is 25.3. The van der Waals surface area contributed by atoms with Gasteiger partial charge in [-0.15, -0.1) is 10.2 Å². The second kappa shape index (κ2) is 8.90. The zero-order chi connectivity index (χ0) is 27.1. The molecule has 0 radical (unpaired) electrons. The van der Waals surface area contributed by atoms with Crippen LogP contribution in [-0.4, -0.2) is 70.9 Å². The molecule has 7 rings (SSSR count). The molecule has 3 aromatic rings. The maximum absolute atomic E-state index is 13.5. The molecule has 1 aliphatic heterocycles. The molecular formula is C25H29F2N7O3S2. The lowest BCUT2D eigenvalue weighted by Crippen LogP contribution is -2.49. The number of rotatable bonds is 8. The summed E-state index contributed by atoms with van der Waals surface area (Å²) < 4.78 is 58.1. The van der Waals surface area contributed by atoms with E-state index >= 15 is 0 Å². The van der Waals surface area contributed by atoms with Crippen molar-refractivity contribution in [3.63, 3.8) is 0 Å². The van der Waals surface area contributed by atoms with Crippen LogP contribution in [0.15, 0.2) is 17.0 Å². The number of carbonyl (C=O) groups is 1. The van der Waals surface area contributed by atoms with Crippen LogP contribution in [0.3, 0.4) is 0 Å². The van der Waals surface area contributed by atoms with Gasteiger partial charge in [-0.25, -0.2) is 26.6 Å². The number of alkyl halides is 2. The summed E-state index contributed by atoms with van der Waals surface area (Å²) in [5.41, 5.74) is 1.59. The highest BCUT2D eigenvalue weighted by atomic mass is 32.2. The van der Waals surface area contributed by atoms with Gasteiger partial charge in [0.15, 0.2) is 5.01 Å². The van der Waals surface area contributed by atoms with Gasteiger partial charge in [-0.3, -0.25) is 4.79 Å². The Kier molecular flexibility index (Phi) is 5.77. The maximum atomic E-state index is 13.5. The van der Waals surface area contributed by atoms with Crippen LogP contribution in [-0.2, 0) is 14.8 Å². The Hall–Kier alpha value is -2.71. The first-order chi connectivity index (χ1) is 18.6. The number of aromatic nitrogens is 4. The van der Waals surface area contributed by atoms with Crippen LogP contribution < -0.4 is 9.62 Å². The average molecular weight is 578 g/mol. The van der Waals surface area contributed by atoms with E-state index in [1.165, 1.54) is 4.68 Å². The van der Waals surface area contributed by atoms with Gasteiger partial charge in [0.25, 0.3) is 6.43 Å². The van der Waals surface area contributed by atoms with Gasteiger partial charge in [-0.2, -0.15) is 5.10 Å². The first-order valence-electron chi connectivity index (χ1n) is 13.4. The number of benzene rings is 1. The minimum absolute atomic E-state index is 0.0942. The SMILES string of the molecule is CC1(NS(=O)(=O)c2cc(N3CCN(C(=O)C4CC4)CC3)c3c(C4CC4)nn(-c4nnc(C(F)F)s4)c3c2)CC1. The van der Waals surface area contributed by atoms with E-state index in [0.29, 0.717) is 31.7 Å². The lowest BCUT2D eigenvalue weighted by molar-refractivity contribution is -0.132. The third-order valence-electron chi connectivity index (χ3n) is 8.07. The summed E-state index contributed by atoms with van der Waals surface area (Å²) in [5.74, 6) is 0.561. The smallest absolute Gasteiger partial charge is 0.291 e. The lowest BCUT2D eigenvalue weighted by atomic mass is 10.1. The fourth-order valence-electron chi connectivity index (χ4n) is 5.25. The molecule has 0 unspecified atom stereocenters. The molecule has 0 bridgehead atoms. The van der Waals surface area contributed by atoms with Gasteiger partial charge in [0.1, 0.15) is 0 Å². The van der Waals surface area contributed by atoms with Crippen LogP contribution in [0, 0.1) is 5.92 Å². The van der Waals surface area contributed by atoms with Crippen molar-refractivity contribution < 1.29 is 22.0 Å². The van der Waals surface area contributed by atoms with Gasteiger partial charge < -0.3 is 9.80 Å². The molecule has 0 spiro atoms. The first-order valence-corrected chi connectivity index (χ1v) is 15.7. The Morgan fingerprint density at radius 2 is 1.82 bits per heavy atom. The number of hydrogen-bond donors (Lipinski definition) is 1. The van der Waals surface area contributed by atoms with Crippen molar-refractivity contribution in [1.82, 2.24) is 29.6 Å². The van der Waals surface area contributed by atoms with E-state index < -0.39 is 27.0 Å². The molecule has 4 aliphatic rings. The van der Waals surface area contributed by atoms with Crippen molar-refractivity contribution in [2.24, 2.45) is 5.92 Å². The number of piperazine rings is 1. The van der Waals surface area contributed by atoms with Crippen molar-refractivity contribution in [3.8, 4) is 5.13 Å². The van der Waals surface area contributed by atoms with Gasteiger partial charge in [0.05, 0.1) is 16.1 Å². The Bertz CT molecular complexity index is 1570. The molecule has 1 N–H and O–H groups in total. The molecule has 208 valence electrons. The molecule has 3 heterocycles. The molecular weight excluding hydrogens is 548 g/mol. The molecule has 4 fully saturated rings. The van der Waals surface area contributed by atoms with E-state index in [-0.39, 0.29) is 27.8 Å². The highest BCUT2D eigenvalue weighted by molar-refractivity contribution is 7.89. The number of nitrogens with one attached hydrogen (secondary N) is 1. The van der Waals surface area contributed by atoms with Crippen molar-refractivity contribution in [2.45, 2.75) is 68.2 Å². The minimum atomic E-state index is -3.87. The number of nitrogens with zero attached hydrogens (tertiary/aromatic N) is 6. The zero-order valence-corrected chi connectivity index (χ0v) is 23.1. The Balaban J connectivity index is 1.35. The molecule has 39 heavy (non-hydrogen) atoms. The van der Waals surface area contributed by atoms with E-state index in [1.54, 1.807) is 12.1 Å². The van der Waals surface area contributed by atoms with Crippen molar-refractivity contribution in [3.05, 3.63) is 22.8 Å². The highest BCUT2D eigenvalue weighted by Gasteiger charge is 2.42. The highest BCUT2D eigenvalue weighted by Crippen LogP contribution is 2.47. The number of hydrogen-bond acceptors (Lipinski definition) is 8. The number of fused-ring (bicyclic) bond motifs is 1. The molecule has 3 aliphatic carbocycles. The van der Waals surface area contributed by atoms with E-state index in [2.05, 4.69) is 19.8 Å². The standard InChI is InChI=1S/C25H29F2N7O3S2/c1-25(6-7-25)31-39(36,37)16-12-17(32-8-10-33(11-9-32)23(35)15-4-5-15)19-18(13-16)34(30-20(19)14-2-3-14)24-29-28-22(38-24)21(26)27/h12-15,21,31H,2-11H2,1H3. The van der Waals surface area contributed by atoms with E-state index in [1.807, 2.05) is 11.8 Å². The number of carbonyl (C=O) groups excluding carboxylic acids is 1. The second-order valence-corrected chi connectivity index (χ2v) is 14.1. The van der Waals surface area contributed by atoms with E-state index in [9.17, 15) is 22.0 Å². The van der Waals surface area contributed by atoms with Gasteiger partial charge >= 0.3 is 0 Å². The maximum Gasteiger partial charge on any atom is 0.291 e. The van der Waals surface area contributed by atoms with Crippen LogP contribution in [0.25, 0.3) is 16.0 Å². The van der Waals surface area contributed by atoms with Gasteiger partial charge in [-0.05, 0) is 57.6 Å². The van der Waals surface area contributed by atoms with Gasteiger partial charge in [0.2, 0.25) is 21.1 Å². The van der Waals surface area contributed by atoms with Crippen LogP contribution in [0.5, 0.6) is 0 Å². The predicted molar refractivity (Wildman–Crippen MR) is 141 cm³/mol. The van der Waals surface area contributed by atoms with Crippen molar-refractivity contribution >= 4 is 43.9 Å². The van der Waals surface area contributed by atoms with Crippen LogP contribution >= 0.6 is 11.3 Å². The fourth-order valence-corrected chi connectivity index (χ4v) is 7.42. The molecule has 1 amide bonds. The third-order valence-corrected chi connectivity index (χ3v) is 10.6. The molecule has 10 nitrogen and oxygen atoms in total. The van der Waals surface area contributed by atoms with Gasteiger partial charge in [-0.1, -0.05) is 11.3 Å². The normalized spacial score (nSPS) is 21.2. The quantitative estimate of drug-likeness (QED) is 0.435. The van der Waals surface area contributed by atoms with Crippen molar-refractivity contribution in [2.75, 3.05) is 31.1 Å². The molecule has 1 aromatic carbocycles. The topological polar surface area (TPSA) is 113 Å². The zero-order valence-electron chi connectivity index (χ0n) is 21.4. The van der Waals surface area contributed by atoms with Crippen LogP contribution in [0.4, 0.5) is 14.5 Å². The molecule has 3 saturated carbocycles. The Morgan fingerprint density at radius 1 is 1.10 bits per heavy atom. The molecule has 14 heteroatoms. The minimum Gasteiger partial charge on any atom is -0.367 e. The van der Waals surface area contributed by atoms with Crippen LogP contribution in [0.2, 0.25) is 0 Å². The molecule has 2 aromatic heterocycles. The monoisotopic (exact) mass is 577 g/mol. The number of anilines is 1. The number of amides is 1. The summed E-state index contributed by atoms with van der Waals surface area (Å²) >= 11 is 0.747. The third kappa shape index (κ3) is 4.69. The Morgan fingerprint density at radius 3 is 2.41 bits per heavy atom. The number of halogens is 2. The molecule has 1 saturated heterocycles. The summed E-state index contributed by atoms with van der Waals surface area (Å²) in [5, 5.41) is 13.0. The Labute approximate surface area is 228 Å². The summed E-state index contributed by atoms with van der Waals surface area (Å²) in [4.78, 5) is 16.8. The summed E-state index contributed by atoms with van der Waals surface area (Å²) in [7, 11) is -3.87. The molecule has 0 atom stereocenters. The van der Waals surface area contributed by atoms with Crippen LogP contribution in [0.1, 0.15) is 68.5 Å². The van der Waals surface area contributed by atoms with Gasteiger partial charge in [0, 0.05) is 54.6 Å². The lowest BCUT2D eigenvalue weighted by Gasteiger charge is -2.37. The van der Waals surface area contributed by atoms with E-state index in [4.69, 9.17) is 5.10 Å². The average Bonchev–Trinajstić information content (AvgIpc) is 3.86. The summed E-state index contributed by atoms with van der Waals surface area (Å²) in [6, 6.07) is 3.28. The fraction of sp³-hybridized carbons (Fsp3) is 0.600.